The van der Waals surface area contributed by atoms with Crippen molar-refractivity contribution in [2.45, 2.75) is 12.8 Å². The van der Waals surface area contributed by atoms with Crippen LogP contribution in [0, 0.1) is 0 Å². The van der Waals surface area contributed by atoms with Crippen molar-refractivity contribution in [3.8, 4) is 11.1 Å². The molecule has 1 aliphatic heterocycles. The minimum atomic E-state index is 0.0998. The zero-order chi connectivity index (χ0) is 12.5. The number of rotatable bonds is 1. The van der Waals surface area contributed by atoms with Crippen molar-refractivity contribution in [1.82, 2.24) is 0 Å². The van der Waals surface area contributed by atoms with E-state index >= 15 is 0 Å². The van der Waals surface area contributed by atoms with Gasteiger partial charge in [0.15, 0.2) is 0 Å². The molecule has 3 rings (SSSR count). The molecule has 1 heterocycles. The Hall–Kier alpha value is -2.29. The van der Waals surface area contributed by atoms with E-state index in [1.54, 1.807) is 0 Å². The van der Waals surface area contributed by atoms with Gasteiger partial charge in [-0.25, -0.2) is 0 Å². The number of fused-ring (bicyclic) bond motifs is 1. The number of nitrogen functional groups attached to an aromatic ring is 1. The van der Waals surface area contributed by atoms with Crippen molar-refractivity contribution in [2.24, 2.45) is 0 Å². The van der Waals surface area contributed by atoms with Gasteiger partial charge in [-0.3, -0.25) is 4.79 Å². The van der Waals surface area contributed by atoms with Crippen LogP contribution < -0.4 is 11.1 Å². The van der Waals surface area contributed by atoms with Crippen molar-refractivity contribution in [2.75, 3.05) is 11.1 Å². The molecule has 3 N–H and O–H groups in total. The Bertz CT molecular complexity index is 602. The largest absolute Gasteiger partial charge is 0.399 e. The summed E-state index contributed by atoms with van der Waals surface area (Å²) in [7, 11) is 0. The molecule has 18 heavy (non-hydrogen) atoms. The summed E-state index contributed by atoms with van der Waals surface area (Å²) in [6.07, 6.45) is 1.38. The molecule has 0 spiro atoms. The molecule has 2 aromatic carbocycles. The predicted molar refractivity (Wildman–Crippen MR) is 73.2 cm³/mol. The second-order valence-corrected chi connectivity index (χ2v) is 4.54. The second kappa shape index (κ2) is 4.18. The topological polar surface area (TPSA) is 55.1 Å². The average molecular weight is 238 g/mol. The molecule has 3 nitrogen and oxygen atoms in total. The lowest BCUT2D eigenvalue weighted by Crippen LogP contribution is -2.18. The first kappa shape index (κ1) is 10.8. The quantitative estimate of drug-likeness (QED) is 0.750. The summed E-state index contributed by atoms with van der Waals surface area (Å²) in [5.74, 6) is 0.0998. The molecule has 2 aromatic rings. The molecule has 0 aliphatic carbocycles. The highest BCUT2D eigenvalue weighted by Gasteiger charge is 2.14. The van der Waals surface area contributed by atoms with Gasteiger partial charge in [0.1, 0.15) is 0 Å². The maximum Gasteiger partial charge on any atom is 0.224 e. The van der Waals surface area contributed by atoms with Crippen LogP contribution >= 0.6 is 0 Å². The van der Waals surface area contributed by atoms with E-state index in [0.717, 1.165) is 28.9 Å². The number of nitrogens with one attached hydrogen (secondary N) is 1. The van der Waals surface area contributed by atoms with Crippen LogP contribution in [0.5, 0.6) is 0 Å². The number of aryl methyl sites for hydroxylation is 1. The number of carbonyl (C=O) groups excluding carboxylic acids is 1. The van der Waals surface area contributed by atoms with Crippen LogP contribution in [0.2, 0.25) is 0 Å². The maximum atomic E-state index is 11.3. The summed E-state index contributed by atoms with van der Waals surface area (Å²) in [6, 6.07) is 14.0. The van der Waals surface area contributed by atoms with Gasteiger partial charge in [0.2, 0.25) is 5.91 Å². The summed E-state index contributed by atoms with van der Waals surface area (Å²) in [5, 5.41) is 2.89. The van der Waals surface area contributed by atoms with E-state index in [-0.39, 0.29) is 5.91 Å². The summed E-state index contributed by atoms with van der Waals surface area (Å²) < 4.78 is 0. The zero-order valence-corrected chi connectivity index (χ0v) is 9.94. The van der Waals surface area contributed by atoms with Crippen LogP contribution in [0.3, 0.4) is 0 Å². The van der Waals surface area contributed by atoms with Gasteiger partial charge in [-0.05, 0) is 47.4 Å². The Kier molecular flexibility index (Phi) is 2.52. The van der Waals surface area contributed by atoms with Crippen LogP contribution in [-0.2, 0) is 11.2 Å². The molecule has 1 amide bonds. The molecule has 0 atom stereocenters. The fourth-order valence-corrected chi connectivity index (χ4v) is 2.24. The van der Waals surface area contributed by atoms with E-state index in [0.29, 0.717) is 6.42 Å². The third kappa shape index (κ3) is 1.95. The molecule has 3 heteroatoms. The first-order valence-corrected chi connectivity index (χ1v) is 6.01. The lowest BCUT2D eigenvalue weighted by Gasteiger charge is -2.17. The van der Waals surface area contributed by atoms with Crippen LogP contribution in [0.15, 0.2) is 42.5 Å². The van der Waals surface area contributed by atoms with E-state index in [2.05, 4.69) is 11.4 Å². The van der Waals surface area contributed by atoms with Gasteiger partial charge in [-0.15, -0.1) is 0 Å². The minimum Gasteiger partial charge on any atom is -0.399 e. The maximum absolute atomic E-state index is 11.3. The number of benzene rings is 2. The lowest BCUT2D eigenvalue weighted by atomic mass is 9.97. The van der Waals surface area contributed by atoms with Crippen LogP contribution in [0.4, 0.5) is 11.4 Å². The fourth-order valence-electron chi connectivity index (χ4n) is 2.24. The van der Waals surface area contributed by atoms with Gasteiger partial charge < -0.3 is 11.1 Å². The molecule has 0 radical (unpaired) electrons. The van der Waals surface area contributed by atoms with Crippen molar-refractivity contribution < 1.29 is 4.79 Å². The van der Waals surface area contributed by atoms with Gasteiger partial charge in [0.05, 0.1) is 0 Å². The lowest BCUT2D eigenvalue weighted by molar-refractivity contribution is -0.116. The Labute approximate surface area is 106 Å². The van der Waals surface area contributed by atoms with E-state index in [1.807, 2.05) is 36.4 Å². The number of nitrogens with two attached hydrogens (primary N) is 1. The van der Waals surface area contributed by atoms with Crippen molar-refractivity contribution in [3.05, 3.63) is 48.0 Å². The number of hydrogen-bond acceptors (Lipinski definition) is 2. The molecule has 0 bridgehead atoms. The Morgan fingerprint density at radius 2 is 1.67 bits per heavy atom. The third-order valence-electron chi connectivity index (χ3n) is 3.24. The highest BCUT2D eigenvalue weighted by atomic mass is 16.1. The molecule has 1 aliphatic rings. The van der Waals surface area contributed by atoms with Crippen molar-refractivity contribution >= 4 is 17.3 Å². The van der Waals surface area contributed by atoms with Crippen LogP contribution in [0.25, 0.3) is 11.1 Å². The SMILES string of the molecule is Nc1ccc(-c2ccc3c(c2)CCC(=O)N3)cc1. The molecule has 90 valence electrons. The number of carbonyl (C=O) groups is 1. The van der Waals surface area contributed by atoms with Gasteiger partial charge >= 0.3 is 0 Å². The zero-order valence-electron chi connectivity index (χ0n) is 9.94. The molecular weight excluding hydrogens is 224 g/mol. The second-order valence-electron chi connectivity index (χ2n) is 4.54. The van der Waals surface area contributed by atoms with Gasteiger partial charge in [-0.1, -0.05) is 18.2 Å². The standard InChI is InChI=1S/C15H14N2O/c16-13-5-1-10(2-6-13)11-3-7-14-12(9-11)4-8-15(18)17-14/h1-3,5-7,9H,4,8,16H2,(H,17,18). The van der Waals surface area contributed by atoms with Crippen LogP contribution in [0.1, 0.15) is 12.0 Å². The van der Waals surface area contributed by atoms with Crippen molar-refractivity contribution in [1.29, 1.82) is 0 Å². The molecule has 0 unspecified atom stereocenters. The van der Waals surface area contributed by atoms with Gasteiger partial charge in [0, 0.05) is 17.8 Å². The molecule has 0 fully saturated rings. The molecule has 0 saturated carbocycles. The van der Waals surface area contributed by atoms with Crippen LogP contribution in [-0.4, -0.2) is 5.91 Å². The summed E-state index contributed by atoms with van der Waals surface area (Å²) >= 11 is 0. The van der Waals surface area contributed by atoms with E-state index in [4.69, 9.17) is 5.73 Å². The highest BCUT2D eigenvalue weighted by Crippen LogP contribution is 2.28. The number of anilines is 2. The smallest absolute Gasteiger partial charge is 0.224 e. The number of hydrogen-bond donors (Lipinski definition) is 2. The molecule has 0 aromatic heterocycles. The normalized spacial score (nSPS) is 13.9. The first-order valence-electron chi connectivity index (χ1n) is 6.01. The number of amides is 1. The Morgan fingerprint density at radius 1 is 0.944 bits per heavy atom. The van der Waals surface area contributed by atoms with E-state index in [1.165, 1.54) is 5.56 Å². The average Bonchev–Trinajstić information content (AvgIpc) is 2.39. The molecular formula is C15H14N2O. The van der Waals surface area contributed by atoms with Crippen molar-refractivity contribution in [3.63, 3.8) is 0 Å². The highest BCUT2D eigenvalue weighted by molar-refractivity contribution is 5.94. The summed E-state index contributed by atoms with van der Waals surface area (Å²) in [6.45, 7) is 0. The van der Waals surface area contributed by atoms with Gasteiger partial charge in [-0.2, -0.15) is 0 Å². The molecule has 0 saturated heterocycles. The Balaban J connectivity index is 1.99. The Morgan fingerprint density at radius 3 is 2.44 bits per heavy atom. The predicted octanol–water partition coefficient (Wildman–Crippen LogP) is 2.82. The summed E-state index contributed by atoms with van der Waals surface area (Å²) in [5.41, 5.74) is 10.9. The first-order chi connectivity index (χ1) is 8.72. The minimum absolute atomic E-state index is 0.0998. The fraction of sp³-hybridized carbons (Fsp3) is 0.133. The van der Waals surface area contributed by atoms with E-state index in [9.17, 15) is 4.79 Å². The monoisotopic (exact) mass is 238 g/mol. The van der Waals surface area contributed by atoms with E-state index < -0.39 is 0 Å². The summed E-state index contributed by atoms with van der Waals surface area (Å²) in [4.78, 5) is 11.3. The third-order valence-corrected chi connectivity index (χ3v) is 3.24. The van der Waals surface area contributed by atoms with Gasteiger partial charge in [0.25, 0.3) is 0 Å².